The minimum absolute atomic E-state index is 0.896. The van der Waals surface area contributed by atoms with E-state index in [1.165, 1.54) is 45.2 Å². The number of nitrogens with one attached hydrogen (secondary N) is 1. The molecule has 0 saturated carbocycles. The highest BCUT2D eigenvalue weighted by molar-refractivity contribution is 6.13. The van der Waals surface area contributed by atoms with Gasteiger partial charge in [-0.25, -0.2) is 0 Å². The Kier molecular flexibility index (Phi) is 8.20. The fourth-order valence-electron chi connectivity index (χ4n) is 6.23. The lowest BCUT2D eigenvalue weighted by molar-refractivity contribution is 0.669. The minimum atomic E-state index is 0.896. The molecular weight excluding hydrogens is 522 g/mol. The molecule has 0 fully saturated rings. The van der Waals surface area contributed by atoms with Gasteiger partial charge in [-0.05, 0) is 107 Å². The standard InChI is InChI=1S/C41H37NO/c1-4-5-15-28(2)40(36-23-14-25-38-41(36)35-22-11-12-24-37(35)43-38)34-21-10-9-20-33(34)39(29(3)27-42)32-19-13-18-31(26-32)30-16-7-6-8-17-30/h5-8,11-27,42H,4,9-10H2,1-3H3/b15-5-,39-29+,40-28-,42-27?. The maximum absolute atomic E-state index is 8.35. The van der Waals surface area contributed by atoms with Gasteiger partial charge in [0.1, 0.15) is 11.2 Å². The van der Waals surface area contributed by atoms with Crippen LogP contribution in [0.25, 0.3) is 44.2 Å². The van der Waals surface area contributed by atoms with Crippen molar-refractivity contribution in [1.29, 1.82) is 5.41 Å². The highest BCUT2D eigenvalue weighted by Gasteiger charge is 2.24. The van der Waals surface area contributed by atoms with Crippen LogP contribution in [0.1, 0.15) is 51.2 Å². The first kappa shape index (κ1) is 28.2. The molecular formula is C41H37NO. The SMILES string of the molecule is CC/C=C\C(C)=C(\C1=CCCC=C1/C(=C(\C)C=N)c1cccc(-c2ccccc2)c1)c1cccc2oc3ccccc3c12. The average Bonchev–Trinajstić information content (AvgIpc) is 3.44. The Morgan fingerprint density at radius 2 is 1.40 bits per heavy atom. The molecule has 4 aromatic carbocycles. The third-order valence-corrected chi connectivity index (χ3v) is 8.23. The number of furan rings is 1. The zero-order chi connectivity index (χ0) is 29.8. The van der Waals surface area contributed by atoms with Crippen LogP contribution in [0.2, 0.25) is 0 Å². The molecule has 0 amide bonds. The van der Waals surface area contributed by atoms with Crippen molar-refractivity contribution in [3.8, 4) is 11.1 Å². The zero-order valence-electron chi connectivity index (χ0n) is 25.2. The van der Waals surface area contributed by atoms with Gasteiger partial charge in [0.05, 0.1) is 0 Å². The van der Waals surface area contributed by atoms with Crippen molar-refractivity contribution in [3.63, 3.8) is 0 Å². The molecule has 2 heteroatoms. The summed E-state index contributed by atoms with van der Waals surface area (Å²) in [4.78, 5) is 0. The Hall–Kier alpha value is -4.95. The Morgan fingerprint density at radius 3 is 2.16 bits per heavy atom. The lowest BCUT2D eigenvalue weighted by atomic mass is 9.78. The lowest BCUT2D eigenvalue weighted by Crippen LogP contribution is -2.06. The van der Waals surface area contributed by atoms with Crippen molar-refractivity contribution in [2.75, 3.05) is 0 Å². The van der Waals surface area contributed by atoms with E-state index in [-0.39, 0.29) is 0 Å². The number of allylic oxidation sites excluding steroid dienone is 10. The summed E-state index contributed by atoms with van der Waals surface area (Å²) in [6.07, 6.45) is 13.7. The molecule has 43 heavy (non-hydrogen) atoms. The van der Waals surface area contributed by atoms with Gasteiger partial charge in [-0.15, -0.1) is 0 Å². The lowest BCUT2D eigenvalue weighted by Gasteiger charge is -2.25. The van der Waals surface area contributed by atoms with Crippen LogP contribution >= 0.6 is 0 Å². The fraction of sp³-hybridized carbons (Fsp3) is 0.146. The molecule has 0 atom stereocenters. The molecule has 0 saturated heterocycles. The second kappa shape index (κ2) is 12.5. The minimum Gasteiger partial charge on any atom is -0.456 e. The molecule has 5 aromatic rings. The van der Waals surface area contributed by atoms with Gasteiger partial charge in [0.2, 0.25) is 0 Å². The van der Waals surface area contributed by atoms with E-state index in [1.54, 1.807) is 0 Å². The molecule has 0 bridgehead atoms. The molecule has 1 aliphatic carbocycles. The summed E-state index contributed by atoms with van der Waals surface area (Å²) >= 11 is 0. The molecule has 0 unspecified atom stereocenters. The molecule has 6 rings (SSSR count). The van der Waals surface area contributed by atoms with Crippen molar-refractivity contribution in [1.82, 2.24) is 0 Å². The van der Waals surface area contributed by atoms with E-state index in [0.29, 0.717) is 0 Å². The second-order valence-corrected chi connectivity index (χ2v) is 11.1. The number of fused-ring (bicyclic) bond motifs is 3. The van der Waals surface area contributed by atoms with Crippen LogP contribution in [-0.2, 0) is 0 Å². The van der Waals surface area contributed by atoms with Crippen LogP contribution in [0.5, 0.6) is 0 Å². The third kappa shape index (κ3) is 5.49. The molecule has 1 aliphatic rings. The van der Waals surface area contributed by atoms with Crippen LogP contribution in [0, 0.1) is 5.41 Å². The first-order valence-electron chi connectivity index (χ1n) is 15.2. The van der Waals surface area contributed by atoms with E-state index >= 15 is 0 Å². The van der Waals surface area contributed by atoms with Gasteiger partial charge in [-0.1, -0.05) is 110 Å². The van der Waals surface area contributed by atoms with Gasteiger partial charge >= 0.3 is 0 Å². The molecule has 1 aromatic heterocycles. The summed E-state index contributed by atoms with van der Waals surface area (Å²) in [7, 11) is 0. The Bertz CT molecular complexity index is 1970. The predicted octanol–water partition coefficient (Wildman–Crippen LogP) is 11.8. The number of para-hydroxylation sites is 1. The Morgan fingerprint density at radius 1 is 0.721 bits per heavy atom. The fourth-order valence-corrected chi connectivity index (χ4v) is 6.23. The van der Waals surface area contributed by atoms with Crippen LogP contribution in [0.15, 0.2) is 148 Å². The van der Waals surface area contributed by atoms with Crippen LogP contribution in [0.3, 0.4) is 0 Å². The van der Waals surface area contributed by atoms with Crippen molar-refractivity contribution in [2.24, 2.45) is 0 Å². The van der Waals surface area contributed by atoms with E-state index in [9.17, 15) is 0 Å². The smallest absolute Gasteiger partial charge is 0.136 e. The van der Waals surface area contributed by atoms with E-state index in [4.69, 9.17) is 9.83 Å². The Labute approximate surface area is 254 Å². The summed E-state index contributed by atoms with van der Waals surface area (Å²) in [6.45, 7) is 6.45. The first-order chi connectivity index (χ1) is 21.1. The highest BCUT2D eigenvalue weighted by Crippen LogP contribution is 2.45. The first-order valence-corrected chi connectivity index (χ1v) is 15.2. The number of hydrogen-bond acceptors (Lipinski definition) is 2. The predicted molar refractivity (Wildman–Crippen MR) is 184 cm³/mol. The molecule has 2 nitrogen and oxygen atoms in total. The van der Waals surface area contributed by atoms with Crippen LogP contribution in [0.4, 0.5) is 0 Å². The topological polar surface area (TPSA) is 37.0 Å². The van der Waals surface area contributed by atoms with Gasteiger partial charge in [0, 0.05) is 17.0 Å². The van der Waals surface area contributed by atoms with Crippen LogP contribution in [-0.4, -0.2) is 6.21 Å². The van der Waals surface area contributed by atoms with Crippen molar-refractivity contribution >= 4 is 39.3 Å². The van der Waals surface area contributed by atoms with Gasteiger partial charge < -0.3 is 9.83 Å². The summed E-state index contributed by atoms with van der Waals surface area (Å²) in [5.41, 5.74) is 13.3. The van der Waals surface area contributed by atoms with Gasteiger partial charge in [-0.3, -0.25) is 0 Å². The zero-order valence-corrected chi connectivity index (χ0v) is 25.2. The monoisotopic (exact) mass is 559 g/mol. The maximum Gasteiger partial charge on any atom is 0.136 e. The summed E-state index contributed by atoms with van der Waals surface area (Å²) in [6, 6.07) is 34.0. The van der Waals surface area contributed by atoms with Gasteiger partial charge in [-0.2, -0.15) is 0 Å². The van der Waals surface area contributed by atoms with E-state index in [1.807, 2.05) is 12.1 Å². The van der Waals surface area contributed by atoms with Crippen molar-refractivity contribution < 1.29 is 4.42 Å². The number of benzene rings is 4. The van der Waals surface area contributed by atoms with Crippen molar-refractivity contribution in [2.45, 2.75) is 40.0 Å². The normalized spacial score (nSPS) is 14.9. The van der Waals surface area contributed by atoms with E-state index in [2.05, 4.69) is 130 Å². The largest absolute Gasteiger partial charge is 0.456 e. The average molecular weight is 560 g/mol. The Balaban J connectivity index is 1.58. The quantitative estimate of drug-likeness (QED) is 0.149. The summed E-state index contributed by atoms with van der Waals surface area (Å²) in [5, 5.41) is 10.6. The molecule has 0 spiro atoms. The molecule has 1 heterocycles. The summed E-state index contributed by atoms with van der Waals surface area (Å²) in [5.74, 6) is 0. The van der Waals surface area contributed by atoms with Gasteiger partial charge in [0.15, 0.2) is 0 Å². The van der Waals surface area contributed by atoms with E-state index in [0.717, 1.165) is 57.9 Å². The number of rotatable bonds is 8. The highest BCUT2D eigenvalue weighted by atomic mass is 16.3. The summed E-state index contributed by atoms with van der Waals surface area (Å²) < 4.78 is 6.33. The molecule has 0 radical (unpaired) electrons. The van der Waals surface area contributed by atoms with Gasteiger partial charge in [0.25, 0.3) is 0 Å². The van der Waals surface area contributed by atoms with E-state index < -0.39 is 0 Å². The number of hydrogen-bond donors (Lipinski definition) is 1. The van der Waals surface area contributed by atoms with Crippen LogP contribution < -0.4 is 0 Å². The second-order valence-electron chi connectivity index (χ2n) is 11.1. The molecule has 1 N–H and O–H groups in total. The molecule has 212 valence electrons. The molecule has 0 aliphatic heterocycles. The maximum atomic E-state index is 8.35. The third-order valence-electron chi connectivity index (χ3n) is 8.23. The van der Waals surface area contributed by atoms with Crippen molar-refractivity contribution in [3.05, 3.63) is 155 Å².